The molecule has 20 heavy (non-hydrogen) atoms. The van der Waals surface area contributed by atoms with Gasteiger partial charge in [0, 0.05) is 12.2 Å². The van der Waals surface area contributed by atoms with Crippen LogP contribution in [0.3, 0.4) is 0 Å². The number of halogens is 2. The zero-order valence-electron chi connectivity index (χ0n) is 10.6. The average molecular weight is 340 g/mol. The fourth-order valence-corrected chi connectivity index (χ4v) is 2.95. The average Bonchev–Trinajstić information content (AvgIpc) is 3.20. The second-order valence-electron chi connectivity index (χ2n) is 5.01. The van der Waals surface area contributed by atoms with Gasteiger partial charge in [-0.2, -0.15) is 0 Å². The first-order valence-corrected chi connectivity index (χ1v) is 6.98. The van der Waals surface area contributed by atoms with Crippen LogP contribution in [0.1, 0.15) is 34.8 Å². The smallest absolute Gasteiger partial charge is 0.341 e. The number of hydrogen-bond donors (Lipinski definition) is 1. The molecule has 1 saturated carbocycles. The summed E-state index contributed by atoms with van der Waals surface area (Å²) in [7, 11) is 0. The molecule has 104 valence electrons. The number of aryl methyl sites for hydroxylation is 1. The van der Waals surface area contributed by atoms with Crippen molar-refractivity contribution in [3.63, 3.8) is 0 Å². The Kier molecular flexibility index (Phi) is 2.93. The molecule has 2 aromatic rings. The molecular weight excluding hydrogens is 329 g/mol. The summed E-state index contributed by atoms with van der Waals surface area (Å²) in [5, 5.41) is 9.30. The number of hydrogen-bond acceptors (Lipinski definition) is 2. The summed E-state index contributed by atoms with van der Waals surface area (Å²) < 4.78 is 16.0. The maximum absolute atomic E-state index is 14.0. The zero-order chi connectivity index (χ0) is 14.6. The zero-order valence-corrected chi connectivity index (χ0v) is 12.2. The van der Waals surface area contributed by atoms with Gasteiger partial charge in [-0.3, -0.25) is 4.79 Å². The van der Waals surface area contributed by atoms with E-state index >= 15 is 0 Å². The van der Waals surface area contributed by atoms with Crippen LogP contribution in [0, 0.1) is 12.7 Å². The first-order valence-electron chi connectivity index (χ1n) is 6.18. The van der Waals surface area contributed by atoms with Gasteiger partial charge in [-0.15, -0.1) is 0 Å². The molecule has 6 heteroatoms. The summed E-state index contributed by atoms with van der Waals surface area (Å²) >= 11 is 3.14. The van der Waals surface area contributed by atoms with Crippen molar-refractivity contribution in [1.82, 2.24) is 4.57 Å². The van der Waals surface area contributed by atoms with Gasteiger partial charge in [0.15, 0.2) is 0 Å². The van der Waals surface area contributed by atoms with Crippen molar-refractivity contribution in [2.24, 2.45) is 0 Å². The summed E-state index contributed by atoms with van der Waals surface area (Å²) in [4.78, 5) is 23.5. The van der Waals surface area contributed by atoms with Crippen molar-refractivity contribution in [2.75, 3.05) is 0 Å². The van der Waals surface area contributed by atoms with Crippen LogP contribution in [-0.2, 0) is 0 Å². The van der Waals surface area contributed by atoms with E-state index in [9.17, 15) is 14.0 Å². The third kappa shape index (κ3) is 1.86. The largest absolute Gasteiger partial charge is 0.477 e. The molecule has 0 spiro atoms. The number of rotatable bonds is 2. The van der Waals surface area contributed by atoms with E-state index in [1.807, 2.05) is 0 Å². The number of nitrogens with zero attached hydrogens (tertiary/aromatic N) is 1. The van der Waals surface area contributed by atoms with E-state index in [4.69, 9.17) is 5.11 Å². The highest BCUT2D eigenvalue weighted by Gasteiger charge is 2.28. The lowest BCUT2D eigenvalue weighted by atomic mass is 10.1. The summed E-state index contributed by atoms with van der Waals surface area (Å²) in [5.41, 5.74) is -0.187. The molecule has 4 nitrogen and oxygen atoms in total. The molecule has 0 unspecified atom stereocenters. The summed E-state index contributed by atoms with van der Waals surface area (Å²) in [6, 6.07) is 1.73. The van der Waals surface area contributed by atoms with Gasteiger partial charge in [-0.05, 0) is 47.3 Å². The van der Waals surface area contributed by atoms with Gasteiger partial charge < -0.3 is 9.67 Å². The van der Waals surface area contributed by atoms with Gasteiger partial charge in [0.2, 0.25) is 5.43 Å². The third-order valence-corrected chi connectivity index (χ3v) is 4.20. The minimum Gasteiger partial charge on any atom is -0.477 e. The number of pyridine rings is 1. The Bertz CT molecular complexity index is 808. The van der Waals surface area contributed by atoms with Crippen molar-refractivity contribution in [2.45, 2.75) is 25.8 Å². The number of benzene rings is 1. The van der Waals surface area contributed by atoms with Crippen LogP contribution in [0.25, 0.3) is 10.9 Å². The maximum atomic E-state index is 14.0. The Morgan fingerprint density at radius 2 is 2.15 bits per heavy atom. The van der Waals surface area contributed by atoms with Crippen LogP contribution in [0.4, 0.5) is 4.39 Å². The van der Waals surface area contributed by atoms with E-state index < -0.39 is 17.2 Å². The molecular formula is C14H11BrFNO3. The molecule has 1 aromatic carbocycles. The fourth-order valence-electron chi connectivity index (χ4n) is 2.44. The van der Waals surface area contributed by atoms with Gasteiger partial charge in [-0.25, -0.2) is 9.18 Å². The first kappa shape index (κ1) is 13.3. The molecule has 3 rings (SSSR count). The highest BCUT2D eigenvalue weighted by molar-refractivity contribution is 9.10. The molecule has 0 radical (unpaired) electrons. The molecule has 0 aliphatic heterocycles. The number of carboxylic acids is 1. The van der Waals surface area contributed by atoms with Gasteiger partial charge in [0.1, 0.15) is 11.4 Å². The number of carboxylic acid groups (broad SMARTS) is 1. The highest BCUT2D eigenvalue weighted by atomic mass is 79.9. The number of fused-ring (bicyclic) bond motifs is 1. The van der Waals surface area contributed by atoms with Crippen LogP contribution in [-0.4, -0.2) is 15.6 Å². The molecule has 1 aliphatic rings. The van der Waals surface area contributed by atoms with Crippen LogP contribution < -0.4 is 5.43 Å². The molecule has 0 saturated heterocycles. The van der Waals surface area contributed by atoms with E-state index in [1.165, 1.54) is 13.1 Å². The number of aromatic carboxylic acids is 1. The van der Waals surface area contributed by atoms with Crippen LogP contribution >= 0.6 is 15.9 Å². The predicted molar refractivity (Wildman–Crippen MR) is 75.8 cm³/mol. The first-order chi connectivity index (χ1) is 9.41. The molecule has 0 amide bonds. The van der Waals surface area contributed by atoms with Gasteiger partial charge in [-0.1, -0.05) is 0 Å². The third-order valence-electron chi connectivity index (χ3n) is 3.62. The van der Waals surface area contributed by atoms with Crippen LogP contribution in [0.2, 0.25) is 0 Å². The SMILES string of the molecule is Cc1c(F)c(Br)cc2c1c(=O)c(C(=O)O)cn2C1CC1. The molecule has 1 aliphatic carbocycles. The second kappa shape index (κ2) is 4.41. The Morgan fingerprint density at radius 3 is 2.70 bits per heavy atom. The topological polar surface area (TPSA) is 59.3 Å². The van der Waals surface area contributed by atoms with Crippen molar-refractivity contribution >= 4 is 32.8 Å². The summed E-state index contributed by atoms with van der Waals surface area (Å²) in [6.07, 6.45) is 3.24. The lowest BCUT2D eigenvalue weighted by Gasteiger charge is -2.14. The quantitative estimate of drug-likeness (QED) is 0.913. The van der Waals surface area contributed by atoms with Gasteiger partial charge in [0.25, 0.3) is 0 Å². The standard InChI is InChI=1S/C14H11BrFNO3/c1-6-11-10(4-9(15)12(6)16)17(7-2-3-7)5-8(13(11)18)14(19)20/h4-5,7H,2-3H2,1H3,(H,19,20). The minimum atomic E-state index is -1.28. The monoisotopic (exact) mass is 339 g/mol. The van der Waals surface area contributed by atoms with Crippen molar-refractivity contribution in [3.05, 3.63) is 43.9 Å². The van der Waals surface area contributed by atoms with E-state index in [0.29, 0.717) is 5.52 Å². The molecule has 0 bridgehead atoms. The molecule has 1 aromatic heterocycles. The van der Waals surface area contributed by atoms with E-state index in [1.54, 1.807) is 10.6 Å². The van der Waals surface area contributed by atoms with E-state index in [-0.39, 0.29) is 27.0 Å². The highest BCUT2D eigenvalue weighted by Crippen LogP contribution is 2.38. The predicted octanol–water partition coefficient (Wildman–Crippen LogP) is 3.24. The summed E-state index contributed by atoms with van der Waals surface area (Å²) in [6.45, 7) is 1.49. The van der Waals surface area contributed by atoms with Crippen molar-refractivity contribution < 1.29 is 14.3 Å². The minimum absolute atomic E-state index is 0.150. The number of carbonyl (C=O) groups is 1. The van der Waals surface area contributed by atoms with Gasteiger partial charge >= 0.3 is 5.97 Å². The lowest BCUT2D eigenvalue weighted by Crippen LogP contribution is -2.20. The van der Waals surface area contributed by atoms with Crippen LogP contribution in [0.15, 0.2) is 21.5 Å². The molecule has 0 atom stereocenters. The van der Waals surface area contributed by atoms with Crippen molar-refractivity contribution in [3.8, 4) is 0 Å². The van der Waals surface area contributed by atoms with Gasteiger partial charge in [0.05, 0.1) is 15.4 Å². The molecule has 1 heterocycles. The normalized spacial score (nSPS) is 14.8. The van der Waals surface area contributed by atoms with Crippen LogP contribution in [0.5, 0.6) is 0 Å². The Hall–Kier alpha value is -1.69. The Morgan fingerprint density at radius 1 is 1.50 bits per heavy atom. The number of aromatic nitrogens is 1. The van der Waals surface area contributed by atoms with Crippen molar-refractivity contribution in [1.29, 1.82) is 0 Å². The maximum Gasteiger partial charge on any atom is 0.341 e. The summed E-state index contributed by atoms with van der Waals surface area (Å²) in [5.74, 6) is -1.81. The lowest BCUT2D eigenvalue weighted by molar-refractivity contribution is 0.0695. The van der Waals surface area contributed by atoms with E-state index in [2.05, 4.69) is 15.9 Å². The Balaban J connectivity index is 2.52. The molecule has 1 fully saturated rings. The second-order valence-corrected chi connectivity index (χ2v) is 5.86. The van der Waals surface area contributed by atoms with E-state index in [0.717, 1.165) is 12.8 Å². The fraction of sp³-hybridized carbons (Fsp3) is 0.286. The molecule has 1 N–H and O–H groups in total. The Labute approximate surface area is 122 Å².